The molecule has 1 fully saturated rings. The first-order valence-corrected chi connectivity index (χ1v) is 11.6. The van der Waals surface area contributed by atoms with Crippen LogP contribution in [0.2, 0.25) is 0 Å². The van der Waals surface area contributed by atoms with Crippen molar-refractivity contribution in [3.63, 3.8) is 0 Å². The van der Waals surface area contributed by atoms with Crippen LogP contribution in [0.1, 0.15) is 34.8 Å². The Morgan fingerprint density at radius 3 is 2.40 bits per heavy atom. The van der Waals surface area contributed by atoms with Gasteiger partial charge in [-0.25, -0.2) is 13.2 Å². The molecule has 0 radical (unpaired) electrons. The largest absolute Gasteiger partial charge is 0.478 e. The SMILES string of the molecule is CCCN1CCN(c2ccc(C(=O)O)cc2NS(=O)(=O)c2cc(C)ccc2C)CC1. The van der Waals surface area contributed by atoms with Gasteiger partial charge in [0.25, 0.3) is 10.0 Å². The second-order valence-electron chi connectivity index (χ2n) is 7.74. The van der Waals surface area contributed by atoms with Crippen LogP contribution in [0.5, 0.6) is 0 Å². The maximum absolute atomic E-state index is 13.1. The van der Waals surface area contributed by atoms with Crippen molar-refractivity contribution in [2.24, 2.45) is 0 Å². The number of rotatable bonds is 7. The van der Waals surface area contributed by atoms with Crippen LogP contribution in [0.25, 0.3) is 0 Å². The standard InChI is InChI=1S/C22H29N3O4S/c1-4-9-24-10-12-25(13-11-24)20-8-7-18(22(26)27)15-19(20)23-30(28,29)21-14-16(2)5-6-17(21)3/h5-8,14-15,23H,4,9-13H2,1-3H3,(H,26,27). The fraction of sp³-hybridized carbons (Fsp3) is 0.409. The molecule has 0 atom stereocenters. The van der Waals surface area contributed by atoms with Crippen LogP contribution in [-0.4, -0.2) is 57.1 Å². The van der Waals surface area contributed by atoms with Gasteiger partial charge < -0.3 is 10.0 Å². The average Bonchev–Trinajstić information content (AvgIpc) is 2.70. The lowest BCUT2D eigenvalue weighted by molar-refractivity contribution is 0.0697. The van der Waals surface area contributed by atoms with E-state index in [-0.39, 0.29) is 10.5 Å². The lowest BCUT2D eigenvalue weighted by Gasteiger charge is -2.37. The molecule has 1 heterocycles. The van der Waals surface area contributed by atoms with Gasteiger partial charge in [0.15, 0.2) is 0 Å². The minimum atomic E-state index is -3.87. The fourth-order valence-electron chi connectivity index (χ4n) is 3.75. The summed E-state index contributed by atoms with van der Waals surface area (Å²) in [6.07, 6.45) is 1.09. The van der Waals surface area contributed by atoms with E-state index in [2.05, 4.69) is 21.4 Å². The summed E-state index contributed by atoms with van der Waals surface area (Å²) in [4.78, 5) is 16.2. The molecule has 8 heteroatoms. The molecule has 2 N–H and O–H groups in total. The zero-order valence-electron chi connectivity index (χ0n) is 17.7. The Hall–Kier alpha value is -2.58. The number of nitrogens with zero attached hydrogens (tertiary/aromatic N) is 2. The summed E-state index contributed by atoms with van der Waals surface area (Å²) < 4.78 is 28.9. The zero-order valence-corrected chi connectivity index (χ0v) is 18.5. The van der Waals surface area contributed by atoms with Crippen LogP contribution < -0.4 is 9.62 Å². The molecule has 0 amide bonds. The predicted molar refractivity (Wildman–Crippen MR) is 119 cm³/mol. The number of nitrogens with one attached hydrogen (secondary N) is 1. The van der Waals surface area contributed by atoms with E-state index in [1.165, 1.54) is 12.1 Å². The molecule has 0 aromatic heterocycles. The highest BCUT2D eigenvalue weighted by Crippen LogP contribution is 2.31. The second kappa shape index (κ2) is 9.06. The number of carboxylic acid groups (broad SMARTS) is 1. The molecule has 30 heavy (non-hydrogen) atoms. The van der Waals surface area contributed by atoms with Gasteiger partial charge in [-0.2, -0.15) is 0 Å². The molecule has 0 saturated carbocycles. The molecular weight excluding hydrogens is 402 g/mol. The lowest BCUT2D eigenvalue weighted by Crippen LogP contribution is -2.46. The quantitative estimate of drug-likeness (QED) is 0.699. The van der Waals surface area contributed by atoms with E-state index in [9.17, 15) is 18.3 Å². The highest BCUT2D eigenvalue weighted by molar-refractivity contribution is 7.92. The number of benzene rings is 2. The molecule has 0 spiro atoms. The number of piperazine rings is 1. The molecule has 1 aliphatic rings. The molecule has 0 bridgehead atoms. The van der Waals surface area contributed by atoms with Gasteiger partial charge in [-0.15, -0.1) is 0 Å². The van der Waals surface area contributed by atoms with Crippen molar-refractivity contribution in [1.29, 1.82) is 0 Å². The van der Waals surface area contributed by atoms with E-state index in [0.717, 1.165) is 44.7 Å². The Morgan fingerprint density at radius 2 is 1.77 bits per heavy atom. The molecule has 7 nitrogen and oxygen atoms in total. The van der Waals surface area contributed by atoms with Gasteiger partial charge in [0.05, 0.1) is 21.8 Å². The molecule has 0 unspecified atom stereocenters. The van der Waals surface area contributed by atoms with Gasteiger partial charge in [0.2, 0.25) is 0 Å². The van der Waals surface area contributed by atoms with Crippen molar-refractivity contribution in [2.75, 3.05) is 42.3 Å². The van der Waals surface area contributed by atoms with Crippen molar-refractivity contribution >= 4 is 27.4 Å². The van der Waals surface area contributed by atoms with Gasteiger partial charge in [-0.1, -0.05) is 19.1 Å². The summed E-state index contributed by atoms with van der Waals surface area (Å²) >= 11 is 0. The number of carbonyl (C=O) groups is 1. The number of aromatic carboxylic acids is 1. The maximum Gasteiger partial charge on any atom is 0.335 e. The molecule has 1 aliphatic heterocycles. The highest BCUT2D eigenvalue weighted by atomic mass is 32.2. The van der Waals surface area contributed by atoms with E-state index < -0.39 is 16.0 Å². The van der Waals surface area contributed by atoms with Crippen LogP contribution in [0.15, 0.2) is 41.3 Å². The summed E-state index contributed by atoms with van der Waals surface area (Å²) in [5.41, 5.74) is 2.51. The molecule has 2 aromatic carbocycles. The summed E-state index contributed by atoms with van der Waals surface area (Å²) in [5.74, 6) is -1.10. The van der Waals surface area contributed by atoms with E-state index >= 15 is 0 Å². The van der Waals surface area contributed by atoms with Gasteiger partial charge in [-0.3, -0.25) is 9.62 Å². The van der Waals surface area contributed by atoms with Crippen molar-refractivity contribution in [3.05, 3.63) is 53.1 Å². The number of sulfonamides is 1. The van der Waals surface area contributed by atoms with Crippen LogP contribution in [0.4, 0.5) is 11.4 Å². The molecule has 2 aromatic rings. The van der Waals surface area contributed by atoms with Crippen LogP contribution in [0, 0.1) is 13.8 Å². The Balaban J connectivity index is 1.95. The van der Waals surface area contributed by atoms with Crippen molar-refractivity contribution < 1.29 is 18.3 Å². The number of hydrogen-bond acceptors (Lipinski definition) is 5. The van der Waals surface area contributed by atoms with Crippen molar-refractivity contribution in [1.82, 2.24) is 4.90 Å². The Kier molecular flexibility index (Phi) is 6.67. The van der Waals surface area contributed by atoms with Crippen LogP contribution in [0.3, 0.4) is 0 Å². The summed E-state index contributed by atoms with van der Waals surface area (Å²) in [6, 6.07) is 9.87. The van der Waals surface area contributed by atoms with Gasteiger partial charge in [-0.05, 0) is 62.2 Å². The Morgan fingerprint density at radius 1 is 1.07 bits per heavy atom. The lowest BCUT2D eigenvalue weighted by atomic mass is 10.1. The molecule has 162 valence electrons. The third kappa shape index (κ3) is 4.94. The molecule has 3 rings (SSSR count). The number of anilines is 2. The predicted octanol–water partition coefficient (Wildman–Crippen LogP) is 3.33. The van der Waals surface area contributed by atoms with Gasteiger partial charge in [0.1, 0.15) is 0 Å². The Labute approximate surface area is 178 Å². The molecule has 0 aliphatic carbocycles. The molecule has 1 saturated heterocycles. The summed E-state index contributed by atoms with van der Waals surface area (Å²) in [7, 11) is -3.87. The third-order valence-electron chi connectivity index (χ3n) is 5.37. The first kappa shape index (κ1) is 22.1. The third-order valence-corrected chi connectivity index (χ3v) is 6.88. The maximum atomic E-state index is 13.1. The molecular formula is C22H29N3O4S. The van der Waals surface area contributed by atoms with E-state index in [1.807, 2.05) is 13.0 Å². The van der Waals surface area contributed by atoms with Crippen LogP contribution >= 0.6 is 0 Å². The normalized spacial score (nSPS) is 15.2. The van der Waals surface area contributed by atoms with E-state index in [0.29, 0.717) is 16.9 Å². The Bertz CT molecular complexity index is 1030. The minimum Gasteiger partial charge on any atom is -0.478 e. The first-order chi connectivity index (χ1) is 14.2. The minimum absolute atomic E-state index is 0.0435. The average molecular weight is 432 g/mol. The summed E-state index contributed by atoms with van der Waals surface area (Å²) in [6.45, 7) is 10.1. The van der Waals surface area contributed by atoms with E-state index in [4.69, 9.17) is 0 Å². The van der Waals surface area contributed by atoms with Gasteiger partial charge >= 0.3 is 5.97 Å². The topological polar surface area (TPSA) is 89.9 Å². The fourth-order valence-corrected chi connectivity index (χ4v) is 5.15. The van der Waals surface area contributed by atoms with Crippen LogP contribution in [-0.2, 0) is 10.0 Å². The van der Waals surface area contributed by atoms with Crippen molar-refractivity contribution in [3.8, 4) is 0 Å². The van der Waals surface area contributed by atoms with Crippen molar-refractivity contribution in [2.45, 2.75) is 32.1 Å². The smallest absolute Gasteiger partial charge is 0.335 e. The van der Waals surface area contributed by atoms with Gasteiger partial charge in [0, 0.05) is 26.2 Å². The number of aryl methyl sites for hydroxylation is 2. The van der Waals surface area contributed by atoms with E-state index in [1.54, 1.807) is 25.1 Å². The highest BCUT2D eigenvalue weighted by Gasteiger charge is 2.24. The second-order valence-corrected chi connectivity index (χ2v) is 9.39. The number of hydrogen-bond donors (Lipinski definition) is 2. The summed E-state index contributed by atoms with van der Waals surface area (Å²) in [5, 5.41) is 9.40. The first-order valence-electron chi connectivity index (χ1n) is 10.2. The zero-order chi connectivity index (χ0) is 21.9. The number of carboxylic acids is 1. The monoisotopic (exact) mass is 431 g/mol.